The van der Waals surface area contributed by atoms with Gasteiger partial charge < -0.3 is 15.4 Å². The molecule has 0 aliphatic heterocycles. The Balaban J connectivity index is 1.87. The second-order valence-electron chi connectivity index (χ2n) is 6.91. The maximum atomic E-state index is 5.96. The number of nitrogens with zero attached hydrogens (tertiary/aromatic N) is 3. The first-order valence-corrected chi connectivity index (χ1v) is 9.65. The van der Waals surface area contributed by atoms with Crippen LogP contribution in [0.25, 0.3) is 0 Å². The fraction of sp³-hybridized carbons (Fsp3) is 0.524. The predicted molar refractivity (Wildman–Crippen MR) is 112 cm³/mol. The number of aromatic nitrogens is 2. The number of hydrogen-bond acceptors (Lipinski definition) is 3. The molecule has 148 valence electrons. The van der Waals surface area contributed by atoms with Crippen LogP contribution < -0.4 is 15.4 Å². The zero-order valence-electron chi connectivity index (χ0n) is 17.5. The van der Waals surface area contributed by atoms with Crippen LogP contribution in [0.1, 0.15) is 36.4 Å². The third kappa shape index (κ3) is 6.31. The predicted octanol–water partition coefficient (Wildman–Crippen LogP) is 2.91. The minimum Gasteiger partial charge on any atom is -0.489 e. The molecular formula is C21H33N5O. The van der Waals surface area contributed by atoms with Crippen molar-refractivity contribution in [3.63, 3.8) is 0 Å². The SMILES string of the molecule is CCNC(=NCC(C)Oc1cccc(C)c1)NCCc1c(C)nn(C)c1C. The molecule has 1 atom stereocenters. The van der Waals surface area contributed by atoms with Crippen LogP contribution in [0.2, 0.25) is 0 Å². The molecule has 1 unspecified atom stereocenters. The number of benzene rings is 1. The van der Waals surface area contributed by atoms with E-state index < -0.39 is 0 Å². The monoisotopic (exact) mass is 371 g/mol. The van der Waals surface area contributed by atoms with Gasteiger partial charge in [0.1, 0.15) is 11.9 Å². The first-order chi connectivity index (χ1) is 12.9. The molecule has 1 aromatic heterocycles. The summed E-state index contributed by atoms with van der Waals surface area (Å²) in [6, 6.07) is 8.10. The summed E-state index contributed by atoms with van der Waals surface area (Å²) in [6.45, 7) is 12.6. The molecule has 0 fully saturated rings. The summed E-state index contributed by atoms with van der Waals surface area (Å²) < 4.78 is 7.90. The number of ether oxygens (including phenoxy) is 1. The first-order valence-electron chi connectivity index (χ1n) is 9.65. The van der Waals surface area contributed by atoms with Gasteiger partial charge in [-0.2, -0.15) is 5.10 Å². The van der Waals surface area contributed by atoms with Crippen LogP contribution in [-0.2, 0) is 13.5 Å². The highest BCUT2D eigenvalue weighted by atomic mass is 16.5. The lowest BCUT2D eigenvalue weighted by Gasteiger charge is -2.15. The van der Waals surface area contributed by atoms with E-state index in [1.807, 2.05) is 36.9 Å². The van der Waals surface area contributed by atoms with Crippen molar-refractivity contribution in [1.29, 1.82) is 0 Å². The van der Waals surface area contributed by atoms with E-state index in [1.165, 1.54) is 16.8 Å². The molecule has 27 heavy (non-hydrogen) atoms. The van der Waals surface area contributed by atoms with Gasteiger partial charge in [-0.3, -0.25) is 4.68 Å². The van der Waals surface area contributed by atoms with E-state index in [4.69, 9.17) is 4.74 Å². The van der Waals surface area contributed by atoms with Gasteiger partial charge >= 0.3 is 0 Å². The van der Waals surface area contributed by atoms with Crippen molar-refractivity contribution in [2.45, 2.75) is 47.1 Å². The molecule has 2 aromatic rings. The lowest BCUT2D eigenvalue weighted by molar-refractivity contribution is 0.230. The van der Waals surface area contributed by atoms with E-state index in [0.717, 1.165) is 36.9 Å². The molecular weight excluding hydrogens is 338 g/mol. The van der Waals surface area contributed by atoms with Crippen molar-refractivity contribution in [2.75, 3.05) is 19.6 Å². The van der Waals surface area contributed by atoms with E-state index in [-0.39, 0.29) is 6.10 Å². The molecule has 6 nitrogen and oxygen atoms in total. The molecule has 0 radical (unpaired) electrons. The topological polar surface area (TPSA) is 63.5 Å². The van der Waals surface area contributed by atoms with E-state index in [9.17, 15) is 0 Å². The second-order valence-corrected chi connectivity index (χ2v) is 6.91. The summed E-state index contributed by atoms with van der Waals surface area (Å²) in [4.78, 5) is 4.66. The highest BCUT2D eigenvalue weighted by Gasteiger charge is 2.09. The van der Waals surface area contributed by atoms with Crippen LogP contribution in [0.15, 0.2) is 29.3 Å². The minimum absolute atomic E-state index is 0.00469. The zero-order chi connectivity index (χ0) is 19.8. The quantitative estimate of drug-likeness (QED) is 0.553. The highest BCUT2D eigenvalue weighted by molar-refractivity contribution is 5.79. The summed E-state index contributed by atoms with van der Waals surface area (Å²) in [5.74, 6) is 1.70. The van der Waals surface area contributed by atoms with Gasteiger partial charge in [-0.15, -0.1) is 0 Å². The van der Waals surface area contributed by atoms with Crippen molar-refractivity contribution in [3.05, 3.63) is 46.8 Å². The van der Waals surface area contributed by atoms with Gasteiger partial charge in [0.15, 0.2) is 5.96 Å². The Morgan fingerprint density at radius 3 is 2.67 bits per heavy atom. The molecule has 6 heteroatoms. The van der Waals surface area contributed by atoms with Gasteiger partial charge in [0, 0.05) is 25.8 Å². The van der Waals surface area contributed by atoms with Crippen molar-refractivity contribution in [1.82, 2.24) is 20.4 Å². The fourth-order valence-corrected chi connectivity index (χ4v) is 3.00. The van der Waals surface area contributed by atoms with Crippen LogP contribution in [0, 0.1) is 20.8 Å². The van der Waals surface area contributed by atoms with Gasteiger partial charge in [0.25, 0.3) is 0 Å². The van der Waals surface area contributed by atoms with Crippen molar-refractivity contribution >= 4 is 5.96 Å². The van der Waals surface area contributed by atoms with Gasteiger partial charge in [-0.1, -0.05) is 12.1 Å². The number of aliphatic imine (C=N–C) groups is 1. The number of rotatable bonds is 8. The van der Waals surface area contributed by atoms with Crippen LogP contribution >= 0.6 is 0 Å². The molecule has 0 spiro atoms. The standard InChI is InChI=1S/C21H33N5O/c1-7-22-21(23-12-11-20-17(4)25-26(6)18(20)5)24-14-16(3)27-19-10-8-9-15(2)13-19/h8-10,13,16H,7,11-12,14H2,1-6H3,(H2,22,23,24). The number of guanidine groups is 1. The first kappa shape index (κ1) is 20.8. The van der Waals surface area contributed by atoms with E-state index >= 15 is 0 Å². The Hall–Kier alpha value is -2.50. The van der Waals surface area contributed by atoms with Crippen LogP contribution in [0.4, 0.5) is 0 Å². The molecule has 0 saturated carbocycles. The van der Waals surface area contributed by atoms with Gasteiger partial charge in [-0.05, 0) is 64.3 Å². The largest absolute Gasteiger partial charge is 0.489 e. The van der Waals surface area contributed by atoms with Crippen molar-refractivity contribution in [2.24, 2.45) is 12.0 Å². The summed E-state index contributed by atoms with van der Waals surface area (Å²) >= 11 is 0. The van der Waals surface area contributed by atoms with Gasteiger partial charge in [0.2, 0.25) is 0 Å². The Morgan fingerprint density at radius 1 is 1.26 bits per heavy atom. The average molecular weight is 372 g/mol. The van der Waals surface area contributed by atoms with Crippen molar-refractivity contribution in [3.8, 4) is 5.75 Å². The fourth-order valence-electron chi connectivity index (χ4n) is 3.00. The average Bonchev–Trinajstić information content (AvgIpc) is 2.85. The summed E-state index contributed by atoms with van der Waals surface area (Å²) in [7, 11) is 1.99. The van der Waals surface area contributed by atoms with Crippen LogP contribution in [0.5, 0.6) is 5.75 Å². The minimum atomic E-state index is 0.00469. The van der Waals surface area contributed by atoms with Crippen LogP contribution in [0.3, 0.4) is 0 Å². The van der Waals surface area contributed by atoms with E-state index in [2.05, 4.69) is 54.5 Å². The lowest BCUT2D eigenvalue weighted by Crippen LogP contribution is -2.39. The summed E-state index contributed by atoms with van der Waals surface area (Å²) in [5, 5.41) is 11.2. The summed E-state index contributed by atoms with van der Waals surface area (Å²) in [5.41, 5.74) is 4.81. The third-order valence-corrected chi connectivity index (χ3v) is 4.50. The van der Waals surface area contributed by atoms with Crippen LogP contribution in [-0.4, -0.2) is 41.5 Å². The maximum absolute atomic E-state index is 5.96. The zero-order valence-corrected chi connectivity index (χ0v) is 17.5. The number of aryl methyl sites for hydroxylation is 3. The van der Waals surface area contributed by atoms with E-state index in [0.29, 0.717) is 6.54 Å². The molecule has 2 N–H and O–H groups in total. The molecule has 1 heterocycles. The molecule has 0 saturated heterocycles. The smallest absolute Gasteiger partial charge is 0.191 e. The normalized spacial score (nSPS) is 12.7. The Bertz CT molecular complexity index is 766. The van der Waals surface area contributed by atoms with Gasteiger partial charge in [0.05, 0.1) is 12.2 Å². The third-order valence-electron chi connectivity index (χ3n) is 4.50. The Morgan fingerprint density at radius 2 is 2.04 bits per heavy atom. The Kier molecular flexibility index (Phi) is 7.70. The number of hydrogen-bond donors (Lipinski definition) is 2. The second kappa shape index (κ2) is 10.00. The molecule has 0 aliphatic carbocycles. The number of nitrogens with one attached hydrogen (secondary N) is 2. The molecule has 0 amide bonds. The van der Waals surface area contributed by atoms with E-state index in [1.54, 1.807) is 0 Å². The molecule has 0 aliphatic rings. The maximum Gasteiger partial charge on any atom is 0.191 e. The van der Waals surface area contributed by atoms with Crippen molar-refractivity contribution < 1.29 is 4.74 Å². The molecule has 2 rings (SSSR count). The summed E-state index contributed by atoms with van der Waals surface area (Å²) in [6.07, 6.45) is 0.927. The Labute approximate surface area is 163 Å². The van der Waals surface area contributed by atoms with Gasteiger partial charge in [-0.25, -0.2) is 4.99 Å². The molecule has 0 bridgehead atoms. The molecule has 1 aromatic carbocycles. The highest BCUT2D eigenvalue weighted by Crippen LogP contribution is 2.14. The lowest BCUT2D eigenvalue weighted by atomic mass is 10.1.